The van der Waals surface area contributed by atoms with Crippen LogP contribution in [0, 0.1) is 13.8 Å². The SMILES string of the molecule is Cc1cccc(C)c1NC(=O)CN1CCN(C(=O)c2cc(-c3ccncc3)nc3ccccc23)CC1. The van der Waals surface area contributed by atoms with Gasteiger partial charge in [0, 0.05) is 55.2 Å². The molecule has 0 unspecified atom stereocenters. The van der Waals surface area contributed by atoms with Gasteiger partial charge in [0.05, 0.1) is 23.3 Å². The molecule has 2 aromatic heterocycles. The Kier molecular flexibility index (Phi) is 6.73. The Bertz CT molecular complexity index is 1390. The van der Waals surface area contributed by atoms with E-state index in [0.717, 1.165) is 39.0 Å². The quantitative estimate of drug-likeness (QED) is 0.462. The van der Waals surface area contributed by atoms with Gasteiger partial charge in [0.15, 0.2) is 0 Å². The van der Waals surface area contributed by atoms with Gasteiger partial charge in [-0.3, -0.25) is 19.5 Å². The van der Waals surface area contributed by atoms with Crippen molar-refractivity contribution in [2.75, 3.05) is 38.0 Å². The number of carbonyl (C=O) groups is 2. The van der Waals surface area contributed by atoms with Crippen molar-refractivity contribution in [2.24, 2.45) is 0 Å². The van der Waals surface area contributed by atoms with Crippen LogP contribution in [0.25, 0.3) is 22.2 Å². The van der Waals surface area contributed by atoms with Crippen LogP contribution in [-0.4, -0.2) is 64.3 Å². The van der Waals surface area contributed by atoms with Crippen LogP contribution in [0.1, 0.15) is 21.5 Å². The second-order valence-electron chi connectivity index (χ2n) is 9.19. The Morgan fingerprint density at radius 2 is 1.58 bits per heavy atom. The second kappa shape index (κ2) is 10.3. The number of aromatic nitrogens is 2. The van der Waals surface area contributed by atoms with E-state index in [1.807, 2.05) is 79.4 Å². The van der Waals surface area contributed by atoms with Crippen molar-refractivity contribution in [3.05, 3.63) is 89.7 Å². The van der Waals surface area contributed by atoms with Crippen molar-refractivity contribution in [1.82, 2.24) is 19.8 Å². The lowest BCUT2D eigenvalue weighted by molar-refractivity contribution is -0.117. The minimum atomic E-state index is -0.0331. The summed E-state index contributed by atoms with van der Waals surface area (Å²) in [5.74, 6) is -0.0437. The van der Waals surface area contributed by atoms with Gasteiger partial charge >= 0.3 is 0 Å². The molecule has 2 amide bonds. The van der Waals surface area contributed by atoms with E-state index in [9.17, 15) is 9.59 Å². The van der Waals surface area contributed by atoms with Gasteiger partial charge < -0.3 is 10.2 Å². The van der Waals surface area contributed by atoms with Gasteiger partial charge in [-0.15, -0.1) is 0 Å². The molecule has 3 heterocycles. The summed E-state index contributed by atoms with van der Waals surface area (Å²) in [6, 6.07) is 19.4. The highest BCUT2D eigenvalue weighted by Gasteiger charge is 2.25. The van der Waals surface area contributed by atoms with E-state index >= 15 is 0 Å². The molecule has 1 N–H and O–H groups in total. The fraction of sp³-hybridized carbons (Fsp3) is 0.241. The van der Waals surface area contributed by atoms with Crippen molar-refractivity contribution >= 4 is 28.4 Å². The van der Waals surface area contributed by atoms with Crippen LogP contribution in [0.3, 0.4) is 0 Å². The minimum Gasteiger partial charge on any atom is -0.336 e. The van der Waals surface area contributed by atoms with Crippen LogP contribution >= 0.6 is 0 Å². The summed E-state index contributed by atoms with van der Waals surface area (Å²) >= 11 is 0. The highest BCUT2D eigenvalue weighted by molar-refractivity contribution is 6.07. The van der Waals surface area contributed by atoms with Gasteiger partial charge in [-0.2, -0.15) is 0 Å². The largest absolute Gasteiger partial charge is 0.336 e. The molecule has 36 heavy (non-hydrogen) atoms. The Morgan fingerprint density at radius 3 is 2.31 bits per heavy atom. The Morgan fingerprint density at radius 1 is 0.889 bits per heavy atom. The number of para-hydroxylation sites is 2. The molecular formula is C29H29N5O2. The summed E-state index contributed by atoms with van der Waals surface area (Å²) in [6.07, 6.45) is 3.45. The van der Waals surface area contributed by atoms with Crippen LogP contribution in [0.5, 0.6) is 0 Å². The topological polar surface area (TPSA) is 78.4 Å². The monoisotopic (exact) mass is 479 g/mol. The highest BCUT2D eigenvalue weighted by Crippen LogP contribution is 2.26. The van der Waals surface area contributed by atoms with Crippen molar-refractivity contribution < 1.29 is 9.59 Å². The van der Waals surface area contributed by atoms with Gasteiger partial charge in [-0.05, 0) is 49.2 Å². The lowest BCUT2D eigenvalue weighted by Gasteiger charge is -2.34. The number of anilines is 1. The normalized spacial score (nSPS) is 14.1. The maximum atomic E-state index is 13.6. The maximum absolute atomic E-state index is 13.6. The third-order valence-electron chi connectivity index (χ3n) is 6.69. The zero-order valence-electron chi connectivity index (χ0n) is 20.6. The molecule has 0 bridgehead atoms. The van der Waals surface area contributed by atoms with E-state index in [1.165, 1.54) is 0 Å². The fourth-order valence-corrected chi connectivity index (χ4v) is 4.70. The van der Waals surface area contributed by atoms with Crippen LogP contribution in [0.4, 0.5) is 5.69 Å². The number of pyridine rings is 2. The van der Waals surface area contributed by atoms with Crippen molar-refractivity contribution in [1.29, 1.82) is 0 Å². The summed E-state index contributed by atoms with van der Waals surface area (Å²) in [5, 5.41) is 3.90. The molecule has 7 nitrogen and oxygen atoms in total. The number of benzene rings is 2. The number of fused-ring (bicyclic) bond motifs is 1. The van der Waals surface area contributed by atoms with E-state index in [0.29, 0.717) is 38.3 Å². The van der Waals surface area contributed by atoms with Gasteiger partial charge in [-0.1, -0.05) is 36.4 Å². The number of aryl methyl sites for hydroxylation is 2. The van der Waals surface area contributed by atoms with E-state index in [4.69, 9.17) is 4.98 Å². The number of nitrogens with zero attached hydrogens (tertiary/aromatic N) is 4. The number of carbonyl (C=O) groups excluding carboxylic acids is 2. The first-order valence-corrected chi connectivity index (χ1v) is 12.2. The average Bonchev–Trinajstić information content (AvgIpc) is 2.91. The maximum Gasteiger partial charge on any atom is 0.254 e. The molecule has 5 rings (SSSR count). The molecule has 1 fully saturated rings. The van der Waals surface area contributed by atoms with E-state index < -0.39 is 0 Å². The van der Waals surface area contributed by atoms with E-state index in [1.54, 1.807) is 12.4 Å². The molecule has 0 saturated carbocycles. The highest BCUT2D eigenvalue weighted by atomic mass is 16.2. The number of amides is 2. The van der Waals surface area contributed by atoms with Gasteiger partial charge in [-0.25, -0.2) is 4.98 Å². The third kappa shape index (κ3) is 4.97. The molecule has 1 saturated heterocycles. The van der Waals surface area contributed by atoms with Crippen LogP contribution in [0.2, 0.25) is 0 Å². The number of hydrogen-bond acceptors (Lipinski definition) is 5. The van der Waals surface area contributed by atoms with Crippen LogP contribution < -0.4 is 5.32 Å². The smallest absolute Gasteiger partial charge is 0.254 e. The molecule has 0 aliphatic carbocycles. The lowest BCUT2D eigenvalue weighted by atomic mass is 10.0. The number of hydrogen-bond donors (Lipinski definition) is 1. The first-order valence-electron chi connectivity index (χ1n) is 12.2. The summed E-state index contributed by atoms with van der Waals surface area (Å²) in [6.45, 7) is 6.72. The first-order chi connectivity index (χ1) is 17.5. The Labute approximate surface area is 210 Å². The van der Waals surface area contributed by atoms with Crippen molar-refractivity contribution in [3.63, 3.8) is 0 Å². The molecule has 182 valence electrons. The first kappa shape index (κ1) is 23.6. The molecule has 1 aliphatic rings. The predicted molar refractivity (Wildman–Crippen MR) is 142 cm³/mol. The molecular weight excluding hydrogens is 450 g/mol. The standard InChI is InChI=1S/C29H29N5O2/c1-20-6-5-7-21(2)28(20)32-27(35)19-33-14-16-34(17-15-33)29(36)24-18-26(22-10-12-30-13-11-22)31-25-9-4-3-8-23(24)25/h3-13,18H,14-17,19H2,1-2H3,(H,32,35). The van der Waals surface area contributed by atoms with Gasteiger partial charge in [0.2, 0.25) is 5.91 Å². The minimum absolute atomic E-state index is 0.0106. The number of piperazine rings is 1. The Hall–Kier alpha value is -4.10. The summed E-state index contributed by atoms with van der Waals surface area (Å²) < 4.78 is 0. The van der Waals surface area contributed by atoms with Gasteiger partial charge in [0.1, 0.15) is 0 Å². The molecule has 0 spiro atoms. The molecule has 0 radical (unpaired) electrons. The summed E-state index contributed by atoms with van der Waals surface area (Å²) in [5.41, 5.74) is 6.09. The molecule has 1 aliphatic heterocycles. The zero-order chi connectivity index (χ0) is 25.1. The second-order valence-corrected chi connectivity index (χ2v) is 9.19. The van der Waals surface area contributed by atoms with Gasteiger partial charge in [0.25, 0.3) is 5.91 Å². The van der Waals surface area contributed by atoms with Crippen LogP contribution in [-0.2, 0) is 4.79 Å². The molecule has 2 aromatic carbocycles. The molecule has 4 aromatic rings. The van der Waals surface area contributed by atoms with E-state index in [2.05, 4.69) is 15.2 Å². The number of nitrogens with one attached hydrogen (secondary N) is 1. The fourth-order valence-electron chi connectivity index (χ4n) is 4.70. The average molecular weight is 480 g/mol. The lowest BCUT2D eigenvalue weighted by Crippen LogP contribution is -2.50. The summed E-state index contributed by atoms with van der Waals surface area (Å²) in [4.78, 5) is 39.2. The molecule has 0 atom stereocenters. The summed E-state index contributed by atoms with van der Waals surface area (Å²) in [7, 11) is 0. The zero-order valence-corrected chi connectivity index (χ0v) is 20.6. The van der Waals surface area contributed by atoms with Crippen molar-refractivity contribution in [3.8, 4) is 11.3 Å². The Balaban J connectivity index is 1.28. The number of rotatable bonds is 5. The van der Waals surface area contributed by atoms with Crippen LogP contribution in [0.15, 0.2) is 73.1 Å². The van der Waals surface area contributed by atoms with E-state index in [-0.39, 0.29) is 11.8 Å². The molecule has 7 heteroatoms. The van der Waals surface area contributed by atoms with Crippen molar-refractivity contribution in [2.45, 2.75) is 13.8 Å². The third-order valence-corrected chi connectivity index (χ3v) is 6.69. The predicted octanol–water partition coefficient (Wildman–Crippen LogP) is 4.31.